The summed E-state index contributed by atoms with van der Waals surface area (Å²) in [4.78, 5) is 0. The molecule has 0 aliphatic heterocycles. The van der Waals surface area contributed by atoms with Gasteiger partial charge in [0.1, 0.15) is 0 Å². The fourth-order valence-electron chi connectivity index (χ4n) is 1.25. The molecule has 2 N–H and O–H groups in total. The van der Waals surface area contributed by atoms with Crippen LogP contribution in [0.25, 0.3) is 0 Å². The fraction of sp³-hybridized carbons (Fsp3) is 0.500. The second-order valence-electron chi connectivity index (χ2n) is 2.95. The average Bonchev–Trinajstić information content (AvgIpc) is 2.52. The first-order chi connectivity index (χ1) is 6.25. The van der Waals surface area contributed by atoms with Crippen molar-refractivity contribution in [3.8, 4) is 11.8 Å². The predicted octanol–water partition coefficient (Wildman–Crippen LogP) is 1.22. The Labute approximate surface area is 78.9 Å². The molecular weight excluding hydrogens is 162 g/mol. The number of hydrogen-bond acceptors (Lipinski definition) is 2. The molecule has 1 rings (SSSR count). The standard InChI is InChI=1S/C10H15N3/c1-3-4-5-6-9(11)10-7-8-12-13(10)2/h7-9H,5-6,11H2,1-2H3. The number of aromatic nitrogens is 2. The topological polar surface area (TPSA) is 43.8 Å². The van der Waals surface area contributed by atoms with Gasteiger partial charge in [-0.05, 0) is 19.4 Å². The van der Waals surface area contributed by atoms with E-state index in [4.69, 9.17) is 5.73 Å². The summed E-state index contributed by atoms with van der Waals surface area (Å²) < 4.78 is 1.81. The highest BCUT2D eigenvalue weighted by atomic mass is 15.3. The maximum absolute atomic E-state index is 5.95. The molecule has 70 valence electrons. The molecule has 3 nitrogen and oxygen atoms in total. The monoisotopic (exact) mass is 177 g/mol. The van der Waals surface area contributed by atoms with Crippen molar-refractivity contribution in [2.24, 2.45) is 12.8 Å². The Balaban J connectivity index is 2.52. The van der Waals surface area contributed by atoms with Gasteiger partial charge < -0.3 is 5.73 Å². The highest BCUT2D eigenvalue weighted by Gasteiger charge is 2.07. The van der Waals surface area contributed by atoms with E-state index < -0.39 is 0 Å². The lowest BCUT2D eigenvalue weighted by Gasteiger charge is -2.09. The van der Waals surface area contributed by atoms with E-state index in [1.54, 1.807) is 6.20 Å². The van der Waals surface area contributed by atoms with E-state index in [2.05, 4.69) is 16.9 Å². The molecule has 0 fully saturated rings. The van der Waals surface area contributed by atoms with Gasteiger partial charge in [-0.25, -0.2) is 0 Å². The van der Waals surface area contributed by atoms with Crippen molar-refractivity contribution < 1.29 is 0 Å². The van der Waals surface area contributed by atoms with Crippen LogP contribution >= 0.6 is 0 Å². The highest BCUT2D eigenvalue weighted by molar-refractivity contribution is 5.07. The molecule has 1 aromatic heterocycles. The number of nitrogens with two attached hydrogens (primary N) is 1. The van der Waals surface area contributed by atoms with Crippen LogP contribution in [-0.4, -0.2) is 9.78 Å². The second-order valence-corrected chi connectivity index (χ2v) is 2.95. The van der Waals surface area contributed by atoms with Gasteiger partial charge in [-0.1, -0.05) is 0 Å². The quantitative estimate of drug-likeness (QED) is 0.705. The number of rotatable bonds is 3. The summed E-state index contributed by atoms with van der Waals surface area (Å²) in [6, 6.07) is 2.00. The summed E-state index contributed by atoms with van der Waals surface area (Å²) >= 11 is 0. The van der Waals surface area contributed by atoms with Crippen molar-refractivity contribution in [2.45, 2.75) is 25.8 Å². The van der Waals surface area contributed by atoms with Gasteiger partial charge in [-0.3, -0.25) is 4.68 Å². The zero-order chi connectivity index (χ0) is 9.68. The molecule has 3 heteroatoms. The molecule has 0 amide bonds. The molecule has 0 bridgehead atoms. The highest BCUT2D eigenvalue weighted by Crippen LogP contribution is 2.13. The smallest absolute Gasteiger partial charge is 0.0548 e. The van der Waals surface area contributed by atoms with Crippen molar-refractivity contribution >= 4 is 0 Å². The molecule has 0 spiro atoms. The van der Waals surface area contributed by atoms with Gasteiger partial charge in [0.05, 0.1) is 5.69 Å². The van der Waals surface area contributed by atoms with Crippen molar-refractivity contribution in [3.63, 3.8) is 0 Å². The van der Waals surface area contributed by atoms with Gasteiger partial charge in [0.2, 0.25) is 0 Å². The predicted molar refractivity (Wildman–Crippen MR) is 52.8 cm³/mol. The fourth-order valence-corrected chi connectivity index (χ4v) is 1.25. The summed E-state index contributed by atoms with van der Waals surface area (Å²) in [7, 11) is 1.90. The van der Waals surface area contributed by atoms with E-state index in [-0.39, 0.29) is 6.04 Å². The van der Waals surface area contributed by atoms with Crippen LogP contribution in [0, 0.1) is 11.8 Å². The van der Waals surface area contributed by atoms with Crippen molar-refractivity contribution in [1.29, 1.82) is 0 Å². The van der Waals surface area contributed by atoms with E-state index in [9.17, 15) is 0 Å². The van der Waals surface area contributed by atoms with Gasteiger partial charge >= 0.3 is 0 Å². The van der Waals surface area contributed by atoms with Crippen molar-refractivity contribution in [2.75, 3.05) is 0 Å². The average molecular weight is 177 g/mol. The molecule has 1 aromatic rings. The van der Waals surface area contributed by atoms with Gasteiger partial charge in [0, 0.05) is 25.7 Å². The molecule has 0 aromatic carbocycles. The van der Waals surface area contributed by atoms with E-state index in [0.29, 0.717) is 0 Å². The summed E-state index contributed by atoms with van der Waals surface area (Å²) in [6.07, 6.45) is 3.50. The van der Waals surface area contributed by atoms with Gasteiger partial charge in [0.25, 0.3) is 0 Å². The van der Waals surface area contributed by atoms with E-state index in [1.807, 2.05) is 24.7 Å². The van der Waals surface area contributed by atoms with Crippen LogP contribution in [-0.2, 0) is 7.05 Å². The minimum Gasteiger partial charge on any atom is -0.323 e. The first kappa shape index (κ1) is 9.82. The first-order valence-corrected chi connectivity index (χ1v) is 4.38. The summed E-state index contributed by atoms with van der Waals surface area (Å²) in [6.45, 7) is 1.84. The van der Waals surface area contributed by atoms with Gasteiger partial charge in [0.15, 0.2) is 0 Å². The van der Waals surface area contributed by atoms with Crippen LogP contribution in [0.5, 0.6) is 0 Å². The van der Waals surface area contributed by atoms with Crippen LogP contribution in [0.1, 0.15) is 31.5 Å². The second kappa shape index (κ2) is 4.68. The minimum atomic E-state index is 0.0494. The van der Waals surface area contributed by atoms with Crippen LogP contribution < -0.4 is 5.73 Å². The summed E-state index contributed by atoms with van der Waals surface area (Å²) in [5, 5.41) is 4.07. The Morgan fingerprint density at radius 2 is 2.46 bits per heavy atom. The number of nitrogens with zero attached hydrogens (tertiary/aromatic N) is 2. The van der Waals surface area contributed by atoms with Crippen LogP contribution in [0.3, 0.4) is 0 Å². The molecule has 0 saturated carbocycles. The zero-order valence-corrected chi connectivity index (χ0v) is 8.12. The Hall–Kier alpha value is -1.27. The maximum atomic E-state index is 5.95. The third-order valence-electron chi connectivity index (χ3n) is 2.00. The molecule has 13 heavy (non-hydrogen) atoms. The summed E-state index contributed by atoms with van der Waals surface area (Å²) in [5.74, 6) is 5.86. The minimum absolute atomic E-state index is 0.0494. The Morgan fingerprint density at radius 1 is 1.69 bits per heavy atom. The number of hydrogen-bond donors (Lipinski definition) is 1. The summed E-state index contributed by atoms with van der Waals surface area (Å²) in [5.41, 5.74) is 7.02. The molecule has 0 aliphatic rings. The number of aryl methyl sites for hydroxylation is 1. The van der Waals surface area contributed by atoms with E-state index >= 15 is 0 Å². The lowest BCUT2D eigenvalue weighted by atomic mass is 10.1. The van der Waals surface area contributed by atoms with Crippen LogP contribution in [0.4, 0.5) is 0 Å². The molecule has 0 radical (unpaired) electrons. The lowest BCUT2D eigenvalue weighted by molar-refractivity contribution is 0.590. The molecule has 0 aliphatic carbocycles. The Kier molecular flexibility index (Phi) is 3.53. The Bertz CT molecular complexity index is 316. The molecular formula is C10H15N3. The largest absolute Gasteiger partial charge is 0.323 e. The zero-order valence-electron chi connectivity index (χ0n) is 8.12. The van der Waals surface area contributed by atoms with Crippen LogP contribution in [0.15, 0.2) is 12.3 Å². The SMILES string of the molecule is CC#CCCC(N)c1ccnn1C. The lowest BCUT2D eigenvalue weighted by Crippen LogP contribution is -2.14. The first-order valence-electron chi connectivity index (χ1n) is 4.38. The normalized spacial score (nSPS) is 11.9. The molecule has 0 saturated heterocycles. The molecule has 1 atom stereocenters. The van der Waals surface area contributed by atoms with Gasteiger partial charge in [-0.15, -0.1) is 11.8 Å². The van der Waals surface area contributed by atoms with Crippen molar-refractivity contribution in [3.05, 3.63) is 18.0 Å². The van der Waals surface area contributed by atoms with Crippen molar-refractivity contribution in [1.82, 2.24) is 9.78 Å². The van der Waals surface area contributed by atoms with E-state index in [0.717, 1.165) is 18.5 Å². The third kappa shape index (κ3) is 2.60. The molecule has 1 unspecified atom stereocenters. The Morgan fingerprint density at radius 3 is 3.00 bits per heavy atom. The third-order valence-corrected chi connectivity index (χ3v) is 2.00. The van der Waals surface area contributed by atoms with Crippen LogP contribution in [0.2, 0.25) is 0 Å². The maximum Gasteiger partial charge on any atom is 0.0548 e. The van der Waals surface area contributed by atoms with E-state index in [1.165, 1.54) is 0 Å². The molecule has 1 heterocycles. The van der Waals surface area contributed by atoms with Gasteiger partial charge in [-0.2, -0.15) is 5.10 Å².